The molecule has 3 aromatic rings. The van der Waals surface area contributed by atoms with Crippen LogP contribution in [0.5, 0.6) is 17.5 Å². The Morgan fingerprint density at radius 2 is 1.83 bits per heavy atom. The van der Waals surface area contributed by atoms with E-state index in [0.717, 1.165) is 24.3 Å². The standard InChI is InChI=1S/C22H29N5O2/c1-3-5-6-10-15-23-17-18-13-14-20(21(16-18)28-4-2)29-22-24-25-26-27(22)19-11-8-7-9-12-19/h7-9,11-14,16,23H,3-6,10,15,17H2,1-2H3. The van der Waals surface area contributed by atoms with Gasteiger partial charge >= 0.3 is 6.01 Å². The SMILES string of the molecule is CCCCCCNCc1ccc(Oc2nnnn2-c2ccccc2)c(OCC)c1. The molecule has 0 atom stereocenters. The molecule has 29 heavy (non-hydrogen) atoms. The molecule has 7 heteroatoms. The van der Waals surface area contributed by atoms with Crippen molar-refractivity contribution in [1.29, 1.82) is 0 Å². The van der Waals surface area contributed by atoms with Gasteiger partial charge in [-0.25, -0.2) is 0 Å². The maximum Gasteiger partial charge on any atom is 0.346 e. The van der Waals surface area contributed by atoms with Crippen LogP contribution in [0.25, 0.3) is 5.69 Å². The zero-order valence-corrected chi connectivity index (χ0v) is 17.2. The van der Waals surface area contributed by atoms with Crippen LogP contribution in [0, 0.1) is 0 Å². The molecule has 0 aliphatic carbocycles. The van der Waals surface area contributed by atoms with E-state index in [9.17, 15) is 0 Å². The van der Waals surface area contributed by atoms with Crippen LogP contribution in [-0.2, 0) is 6.54 Å². The summed E-state index contributed by atoms with van der Waals surface area (Å²) >= 11 is 0. The first-order valence-electron chi connectivity index (χ1n) is 10.3. The van der Waals surface area contributed by atoms with E-state index in [-0.39, 0.29) is 0 Å². The zero-order chi connectivity index (χ0) is 20.3. The fourth-order valence-electron chi connectivity index (χ4n) is 3.00. The summed E-state index contributed by atoms with van der Waals surface area (Å²) in [6.45, 7) is 6.55. The fourth-order valence-corrected chi connectivity index (χ4v) is 3.00. The summed E-state index contributed by atoms with van der Waals surface area (Å²) in [4.78, 5) is 0. The topological polar surface area (TPSA) is 74.1 Å². The smallest absolute Gasteiger partial charge is 0.346 e. The molecule has 0 unspecified atom stereocenters. The Balaban J connectivity index is 1.68. The van der Waals surface area contributed by atoms with Gasteiger partial charge in [0.15, 0.2) is 11.5 Å². The predicted octanol–water partition coefficient (Wildman–Crippen LogP) is 4.52. The summed E-state index contributed by atoms with van der Waals surface area (Å²) < 4.78 is 13.4. The molecule has 1 heterocycles. The van der Waals surface area contributed by atoms with E-state index < -0.39 is 0 Å². The molecule has 0 aliphatic heterocycles. The normalized spacial score (nSPS) is 10.8. The van der Waals surface area contributed by atoms with Crippen molar-refractivity contribution in [3.63, 3.8) is 0 Å². The molecule has 0 radical (unpaired) electrons. The largest absolute Gasteiger partial charge is 0.490 e. The molecule has 0 bridgehead atoms. The second kappa shape index (κ2) is 11.2. The highest BCUT2D eigenvalue weighted by Gasteiger charge is 2.14. The van der Waals surface area contributed by atoms with Gasteiger partial charge in [-0.05, 0) is 60.1 Å². The van der Waals surface area contributed by atoms with Crippen LogP contribution in [0.15, 0.2) is 48.5 Å². The minimum atomic E-state index is 0.291. The van der Waals surface area contributed by atoms with Gasteiger partial charge in [0.1, 0.15) is 0 Å². The molecule has 1 aromatic heterocycles. The molecule has 7 nitrogen and oxygen atoms in total. The van der Waals surface area contributed by atoms with Crippen LogP contribution < -0.4 is 14.8 Å². The Morgan fingerprint density at radius 1 is 0.966 bits per heavy atom. The average molecular weight is 396 g/mol. The second-order valence-electron chi connectivity index (χ2n) is 6.76. The Morgan fingerprint density at radius 3 is 2.62 bits per heavy atom. The van der Waals surface area contributed by atoms with Gasteiger partial charge in [-0.1, -0.05) is 55.6 Å². The van der Waals surface area contributed by atoms with Crippen molar-refractivity contribution in [2.45, 2.75) is 46.1 Å². The highest BCUT2D eigenvalue weighted by Crippen LogP contribution is 2.32. The van der Waals surface area contributed by atoms with Gasteiger partial charge in [-0.15, -0.1) is 0 Å². The molecule has 0 fully saturated rings. The lowest BCUT2D eigenvalue weighted by atomic mass is 10.2. The Bertz CT molecular complexity index is 867. The number of benzene rings is 2. The third kappa shape index (κ3) is 6.02. The highest BCUT2D eigenvalue weighted by molar-refractivity contribution is 5.44. The van der Waals surface area contributed by atoms with Gasteiger partial charge in [-0.2, -0.15) is 4.68 Å². The van der Waals surface area contributed by atoms with E-state index in [0.29, 0.717) is 24.1 Å². The summed E-state index contributed by atoms with van der Waals surface area (Å²) in [5, 5.41) is 15.3. The lowest BCUT2D eigenvalue weighted by Crippen LogP contribution is -2.14. The maximum absolute atomic E-state index is 5.99. The number of hydrogen-bond donors (Lipinski definition) is 1. The third-order valence-corrected chi connectivity index (χ3v) is 4.49. The molecule has 0 saturated heterocycles. The lowest BCUT2D eigenvalue weighted by molar-refractivity contribution is 0.315. The first kappa shape index (κ1) is 20.8. The van der Waals surface area contributed by atoms with Gasteiger partial charge in [0.2, 0.25) is 0 Å². The predicted molar refractivity (Wildman–Crippen MR) is 113 cm³/mol. The minimum absolute atomic E-state index is 0.291. The molecule has 0 aliphatic rings. The molecule has 3 rings (SSSR count). The lowest BCUT2D eigenvalue weighted by Gasteiger charge is -2.13. The van der Waals surface area contributed by atoms with Crippen LogP contribution in [0.1, 0.15) is 45.1 Å². The number of hydrogen-bond acceptors (Lipinski definition) is 6. The van der Waals surface area contributed by atoms with Gasteiger partial charge < -0.3 is 14.8 Å². The number of ether oxygens (including phenoxy) is 2. The Hall–Kier alpha value is -2.93. The second-order valence-corrected chi connectivity index (χ2v) is 6.76. The number of tetrazole rings is 1. The number of aromatic nitrogens is 4. The molecule has 1 N–H and O–H groups in total. The average Bonchev–Trinajstić information content (AvgIpc) is 3.21. The Kier molecular flexibility index (Phi) is 8.01. The molecule has 0 saturated carbocycles. The number of rotatable bonds is 12. The molecular formula is C22H29N5O2. The number of para-hydroxylation sites is 1. The van der Waals surface area contributed by atoms with Crippen molar-refractivity contribution in [2.24, 2.45) is 0 Å². The number of nitrogens with zero attached hydrogens (tertiary/aromatic N) is 4. The van der Waals surface area contributed by atoms with Gasteiger partial charge in [-0.3, -0.25) is 0 Å². The van der Waals surface area contributed by atoms with Crippen molar-refractivity contribution in [3.05, 3.63) is 54.1 Å². The molecular weight excluding hydrogens is 366 g/mol. The summed E-state index contributed by atoms with van der Waals surface area (Å²) in [6, 6.07) is 15.9. The first-order chi connectivity index (χ1) is 14.3. The molecule has 0 amide bonds. The zero-order valence-electron chi connectivity index (χ0n) is 17.2. The third-order valence-electron chi connectivity index (χ3n) is 4.49. The van der Waals surface area contributed by atoms with Gasteiger partial charge in [0.05, 0.1) is 12.3 Å². The molecule has 2 aromatic carbocycles. The van der Waals surface area contributed by atoms with Crippen LogP contribution in [0.2, 0.25) is 0 Å². The fraction of sp³-hybridized carbons (Fsp3) is 0.409. The molecule has 0 spiro atoms. The Labute approximate surface area is 172 Å². The van der Waals surface area contributed by atoms with Crippen LogP contribution in [-0.4, -0.2) is 33.4 Å². The molecule has 154 valence electrons. The van der Waals surface area contributed by atoms with Crippen LogP contribution in [0.3, 0.4) is 0 Å². The minimum Gasteiger partial charge on any atom is -0.490 e. The van der Waals surface area contributed by atoms with Crippen LogP contribution >= 0.6 is 0 Å². The summed E-state index contributed by atoms with van der Waals surface area (Å²) in [5.41, 5.74) is 1.98. The summed E-state index contributed by atoms with van der Waals surface area (Å²) in [6.07, 6.45) is 5.03. The van der Waals surface area contributed by atoms with E-state index in [1.54, 1.807) is 4.68 Å². The van der Waals surface area contributed by atoms with Crippen molar-refractivity contribution in [1.82, 2.24) is 25.5 Å². The van der Waals surface area contributed by atoms with Crippen molar-refractivity contribution < 1.29 is 9.47 Å². The monoisotopic (exact) mass is 395 g/mol. The van der Waals surface area contributed by atoms with E-state index in [2.05, 4.69) is 27.8 Å². The van der Waals surface area contributed by atoms with Gasteiger partial charge in [0, 0.05) is 6.54 Å². The van der Waals surface area contributed by atoms with Crippen LogP contribution in [0.4, 0.5) is 0 Å². The van der Waals surface area contributed by atoms with Crippen molar-refractivity contribution >= 4 is 0 Å². The maximum atomic E-state index is 5.99. The quantitative estimate of drug-likeness (QED) is 0.454. The van der Waals surface area contributed by atoms with E-state index >= 15 is 0 Å². The van der Waals surface area contributed by atoms with Crippen molar-refractivity contribution in [3.8, 4) is 23.2 Å². The van der Waals surface area contributed by atoms with E-state index in [1.165, 1.54) is 25.7 Å². The highest BCUT2D eigenvalue weighted by atomic mass is 16.5. The van der Waals surface area contributed by atoms with E-state index in [4.69, 9.17) is 9.47 Å². The number of nitrogens with one attached hydrogen (secondary N) is 1. The first-order valence-corrected chi connectivity index (χ1v) is 10.3. The van der Waals surface area contributed by atoms with Gasteiger partial charge in [0.25, 0.3) is 0 Å². The summed E-state index contributed by atoms with van der Waals surface area (Å²) in [7, 11) is 0. The number of unbranched alkanes of at least 4 members (excludes halogenated alkanes) is 3. The summed E-state index contributed by atoms with van der Waals surface area (Å²) in [5.74, 6) is 1.27. The van der Waals surface area contributed by atoms with Crippen molar-refractivity contribution in [2.75, 3.05) is 13.2 Å². The van der Waals surface area contributed by atoms with E-state index in [1.807, 2.05) is 55.5 Å².